The van der Waals surface area contributed by atoms with Crippen LogP contribution in [-0.4, -0.2) is 11.5 Å². The van der Waals surface area contributed by atoms with Gasteiger partial charge < -0.3 is 5.32 Å². The summed E-state index contributed by atoms with van der Waals surface area (Å²) in [6, 6.07) is 5.76. The molecule has 0 radical (unpaired) electrons. The highest BCUT2D eigenvalue weighted by Crippen LogP contribution is 2.34. The summed E-state index contributed by atoms with van der Waals surface area (Å²) in [6.45, 7) is 0.991. The van der Waals surface area contributed by atoms with Gasteiger partial charge in [-0.05, 0) is 37.5 Å². The summed E-state index contributed by atoms with van der Waals surface area (Å²) in [4.78, 5) is 4.43. The number of rotatable bonds is 0. The first-order chi connectivity index (χ1) is 8.25. The van der Waals surface area contributed by atoms with E-state index < -0.39 is 0 Å². The first-order valence-electron chi connectivity index (χ1n) is 5.77. The Balaban J connectivity index is 2.32. The van der Waals surface area contributed by atoms with Crippen LogP contribution in [0.5, 0.6) is 0 Å². The number of aromatic nitrogens is 1. The number of nitrogens with zero attached hydrogens (tertiary/aromatic N) is 1. The molecule has 1 aliphatic heterocycles. The minimum Gasteiger partial charge on any atom is -0.384 e. The van der Waals surface area contributed by atoms with Crippen molar-refractivity contribution in [1.82, 2.24) is 4.98 Å². The van der Waals surface area contributed by atoms with E-state index in [1.807, 2.05) is 18.2 Å². The standard InChI is InChI=1S/C13H12Cl2N2/c14-8-4-5-9-11(7-8)17-13(15)10-3-1-2-6-16-12(9)10/h4-5,7,16H,1-3,6H2. The summed E-state index contributed by atoms with van der Waals surface area (Å²) in [5, 5.41) is 5.86. The third-order valence-corrected chi connectivity index (χ3v) is 3.70. The minimum absolute atomic E-state index is 0.601. The van der Waals surface area contributed by atoms with Gasteiger partial charge in [-0.15, -0.1) is 0 Å². The van der Waals surface area contributed by atoms with Crippen molar-refractivity contribution in [2.75, 3.05) is 11.9 Å². The van der Waals surface area contributed by atoms with Gasteiger partial charge in [-0.2, -0.15) is 0 Å². The normalized spacial score (nSPS) is 15.2. The molecule has 2 heterocycles. The molecule has 4 heteroatoms. The predicted molar refractivity (Wildman–Crippen MR) is 73.2 cm³/mol. The third kappa shape index (κ3) is 1.96. The van der Waals surface area contributed by atoms with Gasteiger partial charge in [0, 0.05) is 28.2 Å². The molecule has 0 saturated carbocycles. The lowest BCUT2D eigenvalue weighted by Crippen LogP contribution is -2.01. The van der Waals surface area contributed by atoms with Gasteiger partial charge in [0.1, 0.15) is 5.15 Å². The molecule has 0 unspecified atom stereocenters. The lowest BCUT2D eigenvalue weighted by atomic mass is 10.1. The molecule has 1 aliphatic rings. The second-order valence-corrected chi connectivity index (χ2v) is 5.10. The number of pyridine rings is 1. The summed E-state index contributed by atoms with van der Waals surface area (Å²) < 4.78 is 0. The Labute approximate surface area is 110 Å². The van der Waals surface area contributed by atoms with Gasteiger partial charge in [0.2, 0.25) is 0 Å². The minimum atomic E-state index is 0.601. The zero-order valence-electron chi connectivity index (χ0n) is 9.26. The molecule has 0 fully saturated rings. The fraction of sp³-hybridized carbons (Fsp3) is 0.308. The molecule has 0 saturated heterocycles. The quantitative estimate of drug-likeness (QED) is 0.720. The molecule has 0 atom stereocenters. The van der Waals surface area contributed by atoms with Crippen molar-refractivity contribution in [3.63, 3.8) is 0 Å². The Morgan fingerprint density at radius 3 is 2.94 bits per heavy atom. The zero-order chi connectivity index (χ0) is 11.8. The van der Waals surface area contributed by atoms with Crippen molar-refractivity contribution >= 4 is 39.8 Å². The highest BCUT2D eigenvalue weighted by molar-refractivity contribution is 6.32. The maximum absolute atomic E-state index is 6.25. The lowest BCUT2D eigenvalue weighted by Gasteiger charge is -2.12. The van der Waals surface area contributed by atoms with E-state index in [1.165, 1.54) is 6.42 Å². The van der Waals surface area contributed by atoms with E-state index in [0.29, 0.717) is 10.2 Å². The van der Waals surface area contributed by atoms with Gasteiger partial charge in [-0.1, -0.05) is 23.2 Å². The summed E-state index contributed by atoms with van der Waals surface area (Å²) in [7, 11) is 0. The van der Waals surface area contributed by atoms with Gasteiger partial charge in [0.15, 0.2) is 0 Å². The monoisotopic (exact) mass is 266 g/mol. The van der Waals surface area contributed by atoms with Crippen LogP contribution in [0.1, 0.15) is 18.4 Å². The molecule has 0 amide bonds. The number of benzene rings is 1. The Hall–Kier alpha value is -0.990. The summed E-state index contributed by atoms with van der Waals surface area (Å²) in [5.41, 5.74) is 3.13. The van der Waals surface area contributed by atoms with Gasteiger partial charge in [0.05, 0.1) is 5.52 Å². The topological polar surface area (TPSA) is 24.9 Å². The highest BCUT2D eigenvalue weighted by atomic mass is 35.5. The fourth-order valence-electron chi connectivity index (χ4n) is 2.32. The lowest BCUT2D eigenvalue weighted by molar-refractivity contribution is 0.784. The van der Waals surface area contributed by atoms with Gasteiger partial charge in [0.25, 0.3) is 0 Å². The van der Waals surface area contributed by atoms with Crippen molar-refractivity contribution in [3.05, 3.63) is 33.9 Å². The van der Waals surface area contributed by atoms with Crippen LogP contribution in [0.2, 0.25) is 10.2 Å². The largest absolute Gasteiger partial charge is 0.384 e. The molecular formula is C13H12Cl2N2. The summed E-state index contributed by atoms with van der Waals surface area (Å²) >= 11 is 12.2. The van der Waals surface area contributed by atoms with E-state index in [-0.39, 0.29) is 0 Å². The molecule has 1 aromatic heterocycles. The SMILES string of the molecule is Clc1ccc2c3c(c(Cl)nc2c1)CCCCN3. The van der Waals surface area contributed by atoms with E-state index >= 15 is 0 Å². The average Bonchev–Trinajstić information content (AvgIpc) is 2.54. The van der Waals surface area contributed by atoms with Crippen molar-refractivity contribution in [2.45, 2.75) is 19.3 Å². The van der Waals surface area contributed by atoms with Crippen LogP contribution < -0.4 is 5.32 Å². The first-order valence-corrected chi connectivity index (χ1v) is 6.53. The predicted octanol–water partition coefficient (Wildman–Crippen LogP) is 4.29. The smallest absolute Gasteiger partial charge is 0.135 e. The van der Waals surface area contributed by atoms with Gasteiger partial charge in [-0.3, -0.25) is 0 Å². The Morgan fingerprint density at radius 1 is 1.18 bits per heavy atom. The van der Waals surface area contributed by atoms with E-state index in [4.69, 9.17) is 23.2 Å². The van der Waals surface area contributed by atoms with Gasteiger partial charge >= 0.3 is 0 Å². The maximum Gasteiger partial charge on any atom is 0.135 e. The molecule has 1 N–H and O–H groups in total. The fourth-order valence-corrected chi connectivity index (χ4v) is 2.76. The first kappa shape index (κ1) is 11.1. The Bertz CT molecular complexity index is 581. The Kier molecular flexibility index (Phi) is 2.85. The van der Waals surface area contributed by atoms with E-state index in [1.54, 1.807) is 0 Å². The molecule has 1 aromatic carbocycles. The molecule has 3 rings (SSSR count). The molecule has 2 nitrogen and oxygen atoms in total. The summed E-state index contributed by atoms with van der Waals surface area (Å²) in [5.74, 6) is 0. The molecule has 0 aliphatic carbocycles. The maximum atomic E-state index is 6.25. The zero-order valence-corrected chi connectivity index (χ0v) is 10.8. The summed E-state index contributed by atoms with van der Waals surface area (Å²) in [6.07, 6.45) is 3.31. The Morgan fingerprint density at radius 2 is 2.06 bits per heavy atom. The van der Waals surface area contributed by atoms with Crippen molar-refractivity contribution in [3.8, 4) is 0 Å². The van der Waals surface area contributed by atoms with Crippen molar-refractivity contribution in [2.24, 2.45) is 0 Å². The van der Waals surface area contributed by atoms with Crippen LogP contribution in [0.4, 0.5) is 5.69 Å². The van der Waals surface area contributed by atoms with E-state index in [2.05, 4.69) is 10.3 Å². The molecule has 2 aromatic rings. The van der Waals surface area contributed by atoms with Crippen LogP contribution >= 0.6 is 23.2 Å². The van der Waals surface area contributed by atoms with E-state index in [9.17, 15) is 0 Å². The molecule has 0 spiro atoms. The highest BCUT2D eigenvalue weighted by Gasteiger charge is 2.15. The number of nitrogens with one attached hydrogen (secondary N) is 1. The van der Waals surface area contributed by atoms with Crippen molar-refractivity contribution < 1.29 is 0 Å². The van der Waals surface area contributed by atoms with Crippen molar-refractivity contribution in [1.29, 1.82) is 0 Å². The van der Waals surface area contributed by atoms with Crippen LogP contribution in [0.15, 0.2) is 18.2 Å². The third-order valence-electron chi connectivity index (χ3n) is 3.15. The van der Waals surface area contributed by atoms with Crippen LogP contribution in [0.25, 0.3) is 10.9 Å². The second kappa shape index (κ2) is 4.35. The number of anilines is 1. The van der Waals surface area contributed by atoms with Crippen LogP contribution in [0.3, 0.4) is 0 Å². The number of hydrogen-bond donors (Lipinski definition) is 1. The number of hydrogen-bond acceptors (Lipinski definition) is 2. The molecule has 88 valence electrons. The second-order valence-electron chi connectivity index (χ2n) is 4.30. The average molecular weight is 267 g/mol. The van der Waals surface area contributed by atoms with E-state index in [0.717, 1.165) is 41.5 Å². The molecule has 0 bridgehead atoms. The van der Waals surface area contributed by atoms with Gasteiger partial charge in [-0.25, -0.2) is 4.98 Å². The number of halogens is 2. The molecule has 17 heavy (non-hydrogen) atoms. The number of fused-ring (bicyclic) bond motifs is 3. The van der Waals surface area contributed by atoms with Crippen LogP contribution in [-0.2, 0) is 6.42 Å². The molecular weight excluding hydrogens is 255 g/mol. The van der Waals surface area contributed by atoms with Crippen LogP contribution in [0, 0.1) is 0 Å².